The molecule has 7 heteroatoms. The quantitative estimate of drug-likeness (QED) is 0.419. The van der Waals surface area contributed by atoms with E-state index in [9.17, 15) is 4.79 Å². The largest absolute Gasteiger partial charge is 0.454 e. The van der Waals surface area contributed by atoms with Gasteiger partial charge in [-0.05, 0) is 48.0 Å². The molecule has 2 aromatic carbocycles. The van der Waals surface area contributed by atoms with E-state index in [2.05, 4.69) is 20.5 Å². The lowest BCUT2D eigenvalue weighted by atomic mass is 10.0. The van der Waals surface area contributed by atoms with Crippen LogP contribution in [0.25, 0.3) is 22.2 Å². The second kappa shape index (κ2) is 7.63. The van der Waals surface area contributed by atoms with Crippen LogP contribution >= 0.6 is 0 Å². The Hall–Kier alpha value is -4.26. The van der Waals surface area contributed by atoms with Gasteiger partial charge in [0.2, 0.25) is 6.79 Å². The average molecular weight is 396 g/mol. The molecule has 4 aromatic rings. The molecule has 0 saturated carbocycles. The van der Waals surface area contributed by atoms with Gasteiger partial charge in [-0.2, -0.15) is 5.10 Å². The van der Waals surface area contributed by atoms with Crippen LogP contribution in [-0.2, 0) is 0 Å². The van der Waals surface area contributed by atoms with Gasteiger partial charge in [-0.1, -0.05) is 18.2 Å². The van der Waals surface area contributed by atoms with Crippen molar-refractivity contribution in [3.05, 3.63) is 84.2 Å². The topological polar surface area (TPSA) is 85.7 Å². The number of rotatable bonds is 4. The molecule has 5 rings (SSSR count). The molecule has 1 N–H and O–H groups in total. The summed E-state index contributed by atoms with van der Waals surface area (Å²) in [4.78, 5) is 21.7. The fourth-order valence-corrected chi connectivity index (χ4v) is 3.24. The first-order valence-electron chi connectivity index (χ1n) is 9.31. The summed E-state index contributed by atoms with van der Waals surface area (Å²) in [5, 5.41) is 4.85. The van der Waals surface area contributed by atoms with E-state index in [1.165, 1.54) is 0 Å². The normalized spacial score (nSPS) is 12.4. The fraction of sp³-hybridized carbons (Fsp3) is 0.0435. The van der Waals surface area contributed by atoms with Crippen molar-refractivity contribution in [2.45, 2.75) is 0 Å². The minimum absolute atomic E-state index is 0.209. The Morgan fingerprint density at radius 1 is 1.03 bits per heavy atom. The number of carbonyl (C=O) groups excluding carboxylic acids is 1. The van der Waals surface area contributed by atoms with E-state index in [1.807, 2.05) is 48.5 Å². The number of hydrogen-bond acceptors (Lipinski definition) is 6. The standard InChI is InChI=1S/C23H16N4O3/c28-23(27-25-12-15-7-8-21-22(10-15)30-14-29-21)18-11-20(16-4-3-9-24-13-16)26-19-6-2-1-5-17(18)19/h1-13H,14H2,(H,27,28). The highest BCUT2D eigenvalue weighted by molar-refractivity contribution is 6.07. The number of fused-ring (bicyclic) bond motifs is 2. The molecule has 2 aromatic heterocycles. The molecule has 0 bridgehead atoms. The minimum Gasteiger partial charge on any atom is -0.454 e. The number of nitrogens with one attached hydrogen (secondary N) is 1. The zero-order valence-corrected chi connectivity index (χ0v) is 15.8. The van der Waals surface area contributed by atoms with Crippen molar-refractivity contribution in [1.82, 2.24) is 15.4 Å². The Labute approximate surface area is 172 Å². The number of carbonyl (C=O) groups is 1. The Kier molecular flexibility index (Phi) is 4.53. The zero-order chi connectivity index (χ0) is 20.3. The van der Waals surface area contributed by atoms with Gasteiger partial charge in [0, 0.05) is 23.3 Å². The van der Waals surface area contributed by atoms with Gasteiger partial charge >= 0.3 is 0 Å². The zero-order valence-electron chi connectivity index (χ0n) is 15.8. The maximum Gasteiger partial charge on any atom is 0.272 e. The van der Waals surface area contributed by atoms with Gasteiger partial charge in [-0.3, -0.25) is 9.78 Å². The molecule has 7 nitrogen and oxygen atoms in total. The monoisotopic (exact) mass is 396 g/mol. The van der Waals surface area contributed by atoms with Gasteiger partial charge in [0.05, 0.1) is 23.0 Å². The van der Waals surface area contributed by atoms with E-state index in [1.54, 1.807) is 30.7 Å². The van der Waals surface area contributed by atoms with Crippen LogP contribution in [0.5, 0.6) is 11.5 Å². The number of ether oxygens (including phenoxy) is 2. The van der Waals surface area contributed by atoms with E-state index in [0.29, 0.717) is 22.8 Å². The first-order valence-corrected chi connectivity index (χ1v) is 9.31. The third-order valence-electron chi connectivity index (χ3n) is 4.69. The lowest BCUT2D eigenvalue weighted by Gasteiger charge is -2.08. The first kappa shape index (κ1) is 17.8. The second-order valence-corrected chi connectivity index (χ2v) is 6.63. The van der Waals surface area contributed by atoms with Gasteiger partial charge in [-0.15, -0.1) is 0 Å². The highest BCUT2D eigenvalue weighted by Crippen LogP contribution is 2.32. The van der Waals surface area contributed by atoms with Crippen molar-refractivity contribution in [3.8, 4) is 22.8 Å². The van der Waals surface area contributed by atoms with Crippen molar-refractivity contribution in [3.63, 3.8) is 0 Å². The molecule has 1 aliphatic heterocycles. The highest BCUT2D eigenvalue weighted by atomic mass is 16.7. The summed E-state index contributed by atoms with van der Waals surface area (Å²) in [6.07, 6.45) is 4.98. The molecule has 1 amide bonds. The minimum atomic E-state index is -0.323. The molecular weight excluding hydrogens is 380 g/mol. The van der Waals surface area contributed by atoms with Gasteiger partial charge in [0.1, 0.15) is 0 Å². The Morgan fingerprint density at radius 3 is 2.83 bits per heavy atom. The predicted molar refractivity (Wildman–Crippen MR) is 113 cm³/mol. The first-order chi connectivity index (χ1) is 14.8. The van der Waals surface area contributed by atoms with Gasteiger partial charge in [0.25, 0.3) is 5.91 Å². The number of amides is 1. The summed E-state index contributed by atoms with van der Waals surface area (Å²) in [5.41, 5.74) is 6.11. The van der Waals surface area contributed by atoms with Crippen LogP contribution in [0.1, 0.15) is 15.9 Å². The fourth-order valence-electron chi connectivity index (χ4n) is 3.24. The SMILES string of the molecule is O=C(NN=Cc1ccc2c(c1)OCO2)c1cc(-c2cccnc2)nc2ccccc12. The highest BCUT2D eigenvalue weighted by Gasteiger charge is 2.14. The third-order valence-corrected chi connectivity index (χ3v) is 4.69. The van der Waals surface area contributed by atoms with Crippen molar-refractivity contribution in [1.29, 1.82) is 0 Å². The summed E-state index contributed by atoms with van der Waals surface area (Å²) in [7, 11) is 0. The summed E-state index contributed by atoms with van der Waals surface area (Å²) in [6.45, 7) is 0.209. The summed E-state index contributed by atoms with van der Waals surface area (Å²) in [5.74, 6) is 1.03. The second-order valence-electron chi connectivity index (χ2n) is 6.63. The molecule has 0 spiro atoms. The molecule has 0 aliphatic carbocycles. The third kappa shape index (κ3) is 3.44. The molecule has 30 heavy (non-hydrogen) atoms. The molecule has 0 fully saturated rings. The van der Waals surface area contributed by atoms with Crippen molar-refractivity contribution in [2.75, 3.05) is 6.79 Å². The van der Waals surface area contributed by atoms with E-state index in [4.69, 9.17) is 9.47 Å². The Balaban J connectivity index is 1.44. The van der Waals surface area contributed by atoms with Gasteiger partial charge in [0.15, 0.2) is 11.5 Å². The summed E-state index contributed by atoms with van der Waals surface area (Å²) < 4.78 is 10.7. The molecule has 0 atom stereocenters. The van der Waals surface area contributed by atoms with E-state index < -0.39 is 0 Å². The predicted octanol–water partition coefficient (Wildman–Crippen LogP) is 3.79. The Morgan fingerprint density at radius 2 is 1.93 bits per heavy atom. The van der Waals surface area contributed by atoms with E-state index in [-0.39, 0.29) is 12.7 Å². The number of benzene rings is 2. The van der Waals surface area contributed by atoms with Crippen molar-refractivity contribution < 1.29 is 14.3 Å². The van der Waals surface area contributed by atoms with Crippen molar-refractivity contribution >= 4 is 23.0 Å². The molecule has 146 valence electrons. The van der Waals surface area contributed by atoms with Crippen LogP contribution in [0.4, 0.5) is 0 Å². The average Bonchev–Trinajstić information content (AvgIpc) is 3.27. The lowest BCUT2D eigenvalue weighted by Crippen LogP contribution is -2.18. The molecule has 0 unspecified atom stereocenters. The number of hydrazone groups is 1. The van der Waals surface area contributed by atoms with Crippen LogP contribution in [0.2, 0.25) is 0 Å². The van der Waals surface area contributed by atoms with Crippen LogP contribution < -0.4 is 14.9 Å². The van der Waals surface area contributed by atoms with Crippen molar-refractivity contribution in [2.24, 2.45) is 5.10 Å². The number of pyridine rings is 2. The van der Waals surface area contributed by atoms with Crippen LogP contribution in [0.15, 0.2) is 78.2 Å². The summed E-state index contributed by atoms with van der Waals surface area (Å²) in [6, 6.07) is 18.5. The van der Waals surface area contributed by atoms with E-state index in [0.717, 1.165) is 22.0 Å². The van der Waals surface area contributed by atoms with Crippen LogP contribution in [0, 0.1) is 0 Å². The smallest absolute Gasteiger partial charge is 0.272 e. The number of para-hydroxylation sites is 1. The van der Waals surface area contributed by atoms with Crippen LogP contribution in [0.3, 0.4) is 0 Å². The van der Waals surface area contributed by atoms with Gasteiger partial charge < -0.3 is 9.47 Å². The molecule has 0 radical (unpaired) electrons. The van der Waals surface area contributed by atoms with Gasteiger partial charge in [-0.25, -0.2) is 10.4 Å². The Bertz CT molecular complexity index is 1270. The maximum atomic E-state index is 12.9. The molecule has 0 saturated heterocycles. The molecular formula is C23H16N4O3. The number of nitrogens with zero attached hydrogens (tertiary/aromatic N) is 3. The lowest BCUT2D eigenvalue weighted by molar-refractivity contribution is 0.0956. The number of aromatic nitrogens is 2. The number of hydrogen-bond donors (Lipinski definition) is 1. The molecule has 3 heterocycles. The molecule has 1 aliphatic rings. The van der Waals surface area contributed by atoms with Crippen LogP contribution in [-0.4, -0.2) is 28.9 Å². The summed E-state index contributed by atoms with van der Waals surface area (Å²) >= 11 is 0. The van der Waals surface area contributed by atoms with E-state index >= 15 is 0 Å². The maximum absolute atomic E-state index is 12.9.